The van der Waals surface area contributed by atoms with Crippen molar-refractivity contribution in [2.45, 2.75) is 13.0 Å². The van der Waals surface area contributed by atoms with E-state index in [1.165, 1.54) is 10.6 Å². The molecule has 0 saturated carbocycles. The molecule has 0 aliphatic heterocycles. The van der Waals surface area contributed by atoms with Crippen molar-refractivity contribution in [2.75, 3.05) is 13.6 Å². The van der Waals surface area contributed by atoms with Gasteiger partial charge >= 0.3 is 0 Å². The Bertz CT molecular complexity index is 926. The highest BCUT2D eigenvalue weighted by molar-refractivity contribution is 5.82. The highest BCUT2D eigenvalue weighted by atomic mass is 16.2. The molecule has 0 fully saturated rings. The number of carbonyl (C=O) groups is 1. The molecule has 1 aromatic carbocycles. The van der Waals surface area contributed by atoms with E-state index in [1.807, 2.05) is 37.5 Å². The fourth-order valence-electron chi connectivity index (χ4n) is 2.69. The second-order valence-corrected chi connectivity index (χ2v) is 5.90. The van der Waals surface area contributed by atoms with E-state index in [0.29, 0.717) is 6.54 Å². The number of aryl methyl sites for hydroxylation is 1. The molecule has 2 heterocycles. The fraction of sp³-hybridized carbons (Fsp3) is 0.278. The van der Waals surface area contributed by atoms with Crippen molar-refractivity contribution in [3.63, 3.8) is 0 Å². The van der Waals surface area contributed by atoms with Crippen molar-refractivity contribution >= 4 is 16.8 Å². The van der Waals surface area contributed by atoms with E-state index < -0.39 is 0 Å². The van der Waals surface area contributed by atoms with E-state index in [1.54, 1.807) is 28.9 Å². The van der Waals surface area contributed by atoms with Crippen molar-refractivity contribution in [1.29, 1.82) is 0 Å². The second kappa shape index (κ2) is 6.70. The first kappa shape index (κ1) is 16.0. The van der Waals surface area contributed by atoms with Gasteiger partial charge in [0.1, 0.15) is 6.54 Å². The first-order chi connectivity index (χ1) is 11.5. The zero-order valence-electron chi connectivity index (χ0n) is 13.8. The van der Waals surface area contributed by atoms with Gasteiger partial charge in [-0.2, -0.15) is 5.10 Å². The second-order valence-electron chi connectivity index (χ2n) is 5.90. The van der Waals surface area contributed by atoms with E-state index in [9.17, 15) is 9.59 Å². The Labute approximate surface area is 139 Å². The molecule has 24 heavy (non-hydrogen) atoms. The lowest BCUT2D eigenvalue weighted by Crippen LogP contribution is -2.35. The number of likely N-dealkylation sites (N-methyl/N-ethyl adjacent to an activating group) is 1. The maximum absolute atomic E-state index is 12.5. The summed E-state index contributed by atoms with van der Waals surface area (Å²) in [5.74, 6) is -0.0858. The summed E-state index contributed by atoms with van der Waals surface area (Å²) in [6, 6.07) is 10.9. The zero-order valence-corrected chi connectivity index (χ0v) is 13.8. The lowest BCUT2D eigenvalue weighted by Gasteiger charge is -2.18. The van der Waals surface area contributed by atoms with Crippen LogP contribution in [0.25, 0.3) is 10.9 Å². The molecule has 0 atom stereocenters. The SMILES string of the molecule is CN(CCc1cnn(C)c1)C(=O)Cn1c(=O)ccc2ccccc21. The molecule has 3 rings (SSSR count). The van der Waals surface area contributed by atoms with Gasteiger partial charge in [0.25, 0.3) is 5.56 Å². The molecule has 0 saturated heterocycles. The molecule has 1 amide bonds. The normalized spacial score (nSPS) is 10.9. The van der Waals surface area contributed by atoms with Crippen molar-refractivity contribution in [2.24, 2.45) is 7.05 Å². The molecule has 0 aliphatic rings. The van der Waals surface area contributed by atoms with E-state index in [4.69, 9.17) is 0 Å². The van der Waals surface area contributed by atoms with Crippen LogP contribution in [-0.4, -0.2) is 38.7 Å². The van der Waals surface area contributed by atoms with Gasteiger partial charge in [-0.1, -0.05) is 18.2 Å². The van der Waals surface area contributed by atoms with Gasteiger partial charge in [0, 0.05) is 32.9 Å². The summed E-state index contributed by atoms with van der Waals surface area (Å²) in [4.78, 5) is 26.3. The van der Waals surface area contributed by atoms with Gasteiger partial charge in [-0.15, -0.1) is 0 Å². The molecule has 0 spiro atoms. The van der Waals surface area contributed by atoms with Crippen LogP contribution >= 0.6 is 0 Å². The highest BCUT2D eigenvalue weighted by Crippen LogP contribution is 2.11. The van der Waals surface area contributed by atoms with Gasteiger partial charge < -0.3 is 4.90 Å². The fourth-order valence-corrected chi connectivity index (χ4v) is 2.69. The summed E-state index contributed by atoms with van der Waals surface area (Å²) in [6.07, 6.45) is 4.47. The summed E-state index contributed by atoms with van der Waals surface area (Å²) in [5, 5.41) is 5.07. The molecule has 6 heteroatoms. The monoisotopic (exact) mass is 324 g/mol. The van der Waals surface area contributed by atoms with Crippen molar-refractivity contribution in [3.8, 4) is 0 Å². The van der Waals surface area contributed by atoms with Gasteiger partial charge in [0.2, 0.25) is 5.91 Å². The number of nitrogens with zero attached hydrogens (tertiary/aromatic N) is 4. The molecule has 0 unspecified atom stereocenters. The summed E-state index contributed by atoms with van der Waals surface area (Å²) >= 11 is 0. The Balaban J connectivity index is 1.72. The lowest BCUT2D eigenvalue weighted by atomic mass is 10.2. The Morgan fingerprint density at radius 1 is 1.21 bits per heavy atom. The predicted molar refractivity (Wildman–Crippen MR) is 92.8 cm³/mol. The largest absolute Gasteiger partial charge is 0.344 e. The predicted octanol–water partition coefficient (Wildman–Crippen LogP) is 1.44. The van der Waals surface area contributed by atoms with Crippen LogP contribution in [0, 0.1) is 0 Å². The topological polar surface area (TPSA) is 60.1 Å². The van der Waals surface area contributed by atoms with Gasteiger partial charge in [0.05, 0.1) is 11.7 Å². The Kier molecular flexibility index (Phi) is 4.46. The van der Waals surface area contributed by atoms with Crippen LogP contribution in [0.1, 0.15) is 5.56 Å². The first-order valence-corrected chi connectivity index (χ1v) is 7.84. The van der Waals surface area contributed by atoms with Gasteiger partial charge in [-0.05, 0) is 29.5 Å². The number of para-hydroxylation sites is 1. The Hall–Kier alpha value is -2.89. The maximum atomic E-state index is 12.5. The number of pyridine rings is 1. The molecule has 0 N–H and O–H groups in total. The Morgan fingerprint density at radius 2 is 2.00 bits per heavy atom. The quantitative estimate of drug-likeness (QED) is 0.713. The number of rotatable bonds is 5. The third kappa shape index (κ3) is 3.37. The van der Waals surface area contributed by atoms with Crippen molar-refractivity contribution < 1.29 is 4.79 Å². The number of aromatic nitrogens is 3. The minimum atomic E-state index is -0.164. The van der Waals surface area contributed by atoms with Crippen LogP contribution in [0.5, 0.6) is 0 Å². The van der Waals surface area contributed by atoms with E-state index in [2.05, 4.69) is 5.10 Å². The van der Waals surface area contributed by atoms with E-state index in [-0.39, 0.29) is 18.0 Å². The molecule has 6 nitrogen and oxygen atoms in total. The van der Waals surface area contributed by atoms with Crippen LogP contribution < -0.4 is 5.56 Å². The standard InChI is InChI=1S/C18H20N4O2/c1-20(10-9-14-11-19-21(2)12-14)18(24)13-22-16-6-4-3-5-15(16)7-8-17(22)23/h3-8,11-12H,9-10,13H2,1-2H3. The van der Waals surface area contributed by atoms with Gasteiger partial charge in [-0.25, -0.2) is 0 Å². The number of fused-ring (bicyclic) bond motifs is 1. The minimum absolute atomic E-state index is 0.0454. The summed E-state index contributed by atoms with van der Waals surface area (Å²) in [6.45, 7) is 0.633. The Morgan fingerprint density at radius 3 is 2.75 bits per heavy atom. The molecular weight excluding hydrogens is 304 g/mol. The number of amides is 1. The minimum Gasteiger partial charge on any atom is -0.344 e. The smallest absolute Gasteiger partial charge is 0.251 e. The van der Waals surface area contributed by atoms with Gasteiger partial charge in [0.15, 0.2) is 0 Å². The first-order valence-electron chi connectivity index (χ1n) is 7.84. The van der Waals surface area contributed by atoms with Crippen molar-refractivity contribution in [1.82, 2.24) is 19.2 Å². The van der Waals surface area contributed by atoms with Gasteiger partial charge in [-0.3, -0.25) is 18.8 Å². The lowest BCUT2D eigenvalue weighted by molar-refractivity contribution is -0.130. The molecule has 0 aliphatic carbocycles. The summed E-state index contributed by atoms with van der Waals surface area (Å²) < 4.78 is 3.27. The molecule has 0 radical (unpaired) electrons. The van der Waals surface area contributed by atoms with E-state index >= 15 is 0 Å². The molecular formula is C18H20N4O2. The number of hydrogen-bond acceptors (Lipinski definition) is 3. The highest BCUT2D eigenvalue weighted by Gasteiger charge is 2.12. The third-order valence-corrected chi connectivity index (χ3v) is 4.11. The van der Waals surface area contributed by atoms with Crippen LogP contribution in [0.4, 0.5) is 0 Å². The number of hydrogen-bond donors (Lipinski definition) is 0. The average molecular weight is 324 g/mol. The maximum Gasteiger partial charge on any atom is 0.251 e. The number of benzene rings is 1. The number of carbonyl (C=O) groups excluding carboxylic acids is 1. The molecule has 3 aromatic rings. The summed E-state index contributed by atoms with van der Waals surface area (Å²) in [5.41, 5.74) is 1.70. The van der Waals surface area contributed by atoms with Crippen LogP contribution in [0.2, 0.25) is 0 Å². The average Bonchev–Trinajstić information content (AvgIpc) is 3.00. The van der Waals surface area contributed by atoms with Crippen LogP contribution in [0.15, 0.2) is 53.6 Å². The summed E-state index contributed by atoms with van der Waals surface area (Å²) in [7, 11) is 3.63. The molecule has 124 valence electrons. The molecule has 2 aromatic heterocycles. The van der Waals surface area contributed by atoms with Crippen LogP contribution in [0.3, 0.4) is 0 Å². The zero-order chi connectivity index (χ0) is 17.1. The van der Waals surface area contributed by atoms with Crippen LogP contribution in [-0.2, 0) is 24.8 Å². The third-order valence-electron chi connectivity index (χ3n) is 4.11. The molecule has 0 bridgehead atoms. The van der Waals surface area contributed by atoms with Crippen molar-refractivity contribution in [3.05, 3.63) is 64.7 Å². The van der Waals surface area contributed by atoms with E-state index in [0.717, 1.165) is 22.9 Å².